The third kappa shape index (κ3) is 2.49. The lowest BCUT2D eigenvalue weighted by molar-refractivity contribution is -0.114. The first kappa shape index (κ1) is 14.7. The Kier molecular flexibility index (Phi) is 3.63. The molecule has 0 saturated carbocycles. The molecular formula is C19H14N2O2S. The SMILES string of the molecule is Cc1ccsc1/C=C1/C(=O)N(c2ccccc2)N=C1c1ccco1. The van der Waals surface area contributed by atoms with Gasteiger partial charge in [0.05, 0.1) is 17.5 Å². The van der Waals surface area contributed by atoms with Crippen LogP contribution in [0.1, 0.15) is 16.2 Å². The summed E-state index contributed by atoms with van der Waals surface area (Å²) in [6.45, 7) is 2.03. The topological polar surface area (TPSA) is 45.8 Å². The van der Waals surface area contributed by atoms with E-state index in [2.05, 4.69) is 5.10 Å². The van der Waals surface area contributed by atoms with E-state index in [0.29, 0.717) is 17.0 Å². The van der Waals surface area contributed by atoms with Crippen LogP contribution >= 0.6 is 11.3 Å². The highest BCUT2D eigenvalue weighted by molar-refractivity contribution is 7.11. The predicted molar refractivity (Wildman–Crippen MR) is 96.2 cm³/mol. The minimum absolute atomic E-state index is 0.152. The van der Waals surface area contributed by atoms with Crippen molar-refractivity contribution in [3.63, 3.8) is 0 Å². The molecule has 0 unspecified atom stereocenters. The van der Waals surface area contributed by atoms with Gasteiger partial charge in [-0.25, -0.2) is 0 Å². The number of aryl methyl sites for hydroxylation is 1. The van der Waals surface area contributed by atoms with Gasteiger partial charge in [-0.05, 0) is 54.3 Å². The van der Waals surface area contributed by atoms with Crippen molar-refractivity contribution in [2.75, 3.05) is 5.01 Å². The van der Waals surface area contributed by atoms with Gasteiger partial charge in [-0.3, -0.25) is 4.79 Å². The first-order chi connectivity index (χ1) is 11.7. The summed E-state index contributed by atoms with van der Waals surface area (Å²) >= 11 is 1.60. The number of hydrogen-bond acceptors (Lipinski definition) is 4. The molecule has 24 heavy (non-hydrogen) atoms. The number of thiophene rings is 1. The molecule has 0 fully saturated rings. The van der Waals surface area contributed by atoms with E-state index in [1.165, 1.54) is 5.01 Å². The normalized spacial score (nSPS) is 16.0. The average molecular weight is 334 g/mol. The summed E-state index contributed by atoms with van der Waals surface area (Å²) in [6, 6.07) is 15.0. The molecule has 0 spiro atoms. The molecule has 2 aromatic heterocycles. The molecule has 0 N–H and O–H groups in total. The van der Waals surface area contributed by atoms with Gasteiger partial charge in [0.25, 0.3) is 5.91 Å². The van der Waals surface area contributed by atoms with Crippen molar-refractivity contribution in [2.45, 2.75) is 6.92 Å². The second-order valence-electron chi connectivity index (χ2n) is 5.40. The first-order valence-electron chi connectivity index (χ1n) is 7.52. The van der Waals surface area contributed by atoms with Crippen molar-refractivity contribution in [1.29, 1.82) is 0 Å². The van der Waals surface area contributed by atoms with Crippen LogP contribution in [0.4, 0.5) is 5.69 Å². The molecule has 4 nitrogen and oxygen atoms in total. The summed E-state index contributed by atoms with van der Waals surface area (Å²) in [7, 11) is 0. The predicted octanol–water partition coefficient (Wildman–Crippen LogP) is 4.48. The van der Waals surface area contributed by atoms with Crippen molar-refractivity contribution >= 4 is 34.7 Å². The third-order valence-electron chi connectivity index (χ3n) is 3.81. The van der Waals surface area contributed by atoms with E-state index in [4.69, 9.17) is 4.42 Å². The molecule has 0 aliphatic carbocycles. The summed E-state index contributed by atoms with van der Waals surface area (Å²) in [5.74, 6) is 0.433. The molecule has 1 aliphatic rings. The molecule has 0 atom stereocenters. The minimum Gasteiger partial charge on any atom is -0.463 e. The second-order valence-corrected chi connectivity index (χ2v) is 6.35. The Balaban J connectivity index is 1.83. The molecule has 5 heteroatoms. The zero-order valence-corrected chi connectivity index (χ0v) is 13.8. The highest BCUT2D eigenvalue weighted by Crippen LogP contribution is 2.29. The van der Waals surface area contributed by atoms with Crippen LogP contribution in [0, 0.1) is 6.92 Å². The van der Waals surface area contributed by atoms with E-state index >= 15 is 0 Å². The smallest absolute Gasteiger partial charge is 0.281 e. The Labute approximate surface area is 143 Å². The third-order valence-corrected chi connectivity index (χ3v) is 4.78. The van der Waals surface area contributed by atoms with Crippen LogP contribution in [0.3, 0.4) is 0 Å². The van der Waals surface area contributed by atoms with Crippen LogP contribution in [-0.2, 0) is 4.79 Å². The van der Waals surface area contributed by atoms with Crippen molar-refractivity contribution in [3.8, 4) is 0 Å². The first-order valence-corrected chi connectivity index (χ1v) is 8.40. The second kappa shape index (κ2) is 5.94. The molecule has 3 aromatic rings. The number of hydrazone groups is 1. The number of carbonyl (C=O) groups is 1. The fraction of sp³-hybridized carbons (Fsp3) is 0.0526. The molecule has 3 heterocycles. The minimum atomic E-state index is -0.152. The maximum absolute atomic E-state index is 13.0. The van der Waals surface area contributed by atoms with Crippen molar-refractivity contribution in [3.05, 3.63) is 81.9 Å². The quantitative estimate of drug-likeness (QED) is 0.663. The van der Waals surface area contributed by atoms with Gasteiger partial charge in [0.15, 0.2) is 5.76 Å². The van der Waals surface area contributed by atoms with Gasteiger partial charge in [0.2, 0.25) is 0 Å². The summed E-state index contributed by atoms with van der Waals surface area (Å²) in [5, 5.41) is 7.95. The summed E-state index contributed by atoms with van der Waals surface area (Å²) in [6.07, 6.45) is 3.48. The molecular weight excluding hydrogens is 320 g/mol. The number of nitrogens with zero attached hydrogens (tertiary/aromatic N) is 2. The monoisotopic (exact) mass is 334 g/mol. The molecule has 1 aliphatic heterocycles. The van der Waals surface area contributed by atoms with Crippen molar-refractivity contribution in [2.24, 2.45) is 5.10 Å². The Morgan fingerprint density at radius 3 is 2.62 bits per heavy atom. The Morgan fingerprint density at radius 2 is 1.96 bits per heavy atom. The highest BCUT2D eigenvalue weighted by Gasteiger charge is 2.33. The van der Waals surface area contributed by atoms with Gasteiger partial charge in [0.1, 0.15) is 5.71 Å². The van der Waals surface area contributed by atoms with Crippen molar-refractivity contribution < 1.29 is 9.21 Å². The summed E-state index contributed by atoms with van der Waals surface area (Å²) in [5.41, 5.74) is 2.97. The van der Waals surface area contributed by atoms with E-state index in [9.17, 15) is 4.79 Å². The number of benzene rings is 1. The number of amides is 1. The fourth-order valence-corrected chi connectivity index (χ4v) is 3.41. The Morgan fingerprint density at radius 1 is 1.12 bits per heavy atom. The zero-order valence-electron chi connectivity index (χ0n) is 13.0. The van der Waals surface area contributed by atoms with Gasteiger partial charge in [-0.1, -0.05) is 18.2 Å². The van der Waals surface area contributed by atoms with E-state index in [0.717, 1.165) is 16.1 Å². The Bertz CT molecular complexity index is 937. The van der Waals surface area contributed by atoms with Crippen LogP contribution in [0.25, 0.3) is 6.08 Å². The largest absolute Gasteiger partial charge is 0.463 e. The molecule has 0 radical (unpaired) electrons. The van der Waals surface area contributed by atoms with Crippen LogP contribution in [0.15, 0.2) is 75.3 Å². The van der Waals surface area contributed by atoms with Crippen molar-refractivity contribution in [1.82, 2.24) is 0 Å². The van der Waals surface area contributed by atoms with E-state index in [1.807, 2.05) is 60.8 Å². The molecule has 4 rings (SSSR count). The Hall–Kier alpha value is -2.92. The number of para-hydroxylation sites is 1. The van der Waals surface area contributed by atoms with E-state index < -0.39 is 0 Å². The van der Waals surface area contributed by atoms with Gasteiger partial charge >= 0.3 is 0 Å². The van der Waals surface area contributed by atoms with Crippen LogP contribution in [-0.4, -0.2) is 11.6 Å². The molecule has 1 aromatic carbocycles. The number of furan rings is 1. The number of hydrogen-bond donors (Lipinski definition) is 0. The molecule has 0 saturated heterocycles. The number of carbonyl (C=O) groups excluding carboxylic acids is 1. The van der Waals surface area contributed by atoms with Crippen LogP contribution < -0.4 is 5.01 Å². The molecule has 0 bridgehead atoms. The number of rotatable bonds is 3. The lowest BCUT2D eigenvalue weighted by Crippen LogP contribution is -2.21. The fourth-order valence-electron chi connectivity index (χ4n) is 2.55. The maximum Gasteiger partial charge on any atom is 0.281 e. The molecule has 118 valence electrons. The lowest BCUT2D eigenvalue weighted by Gasteiger charge is -2.10. The van der Waals surface area contributed by atoms with E-state index in [1.54, 1.807) is 23.7 Å². The summed E-state index contributed by atoms with van der Waals surface area (Å²) in [4.78, 5) is 14.0. The maximum atomic E-state index is 13.0. The average Bonchev–Trinajstić information content (AvgIpc) is 3.32. The van der Waals surface area contributed by atoms with Crippen LogP contribution in [0.5, 0.6) is 0 Å². The summed E-state index contributed by atoms with van der Waals surface area (Å²) < 4.78 is 5.48. The highest BCUT2D eigenvalue weighted by atomic mass is 32.1. The van der Waals surface area contributed by atoms with Gasteiger partial charge in [0, 0.05) is 4.88 Å². The lowest BCUT2D eigenvalue weighted by atomic mass is 10.1. The number of anilines is 1. The molecule has 1 amide bonds. The van der Waals surface area contributed by atoms with E-state index in [-0.39, 0.29) is 5.91 Å². The zero-order chi connectivity index (χ0) is 16.5. The van der Waals surface area contributed by atoms with Gasteiger partial charge in [-0.2, -0.15) is 10.1 Å². The van der Waals surface area contributed by atoms with Crippen LogP contribution in [0.2, 0.25) is 0 Å². The standard InChI is InChI=1S/C19H14N2O2S/c1-13-9-11-24-17(13)12-15-18(16-8-5-10-23-16)20-21(19(15)22)14-6-3-2-4-7-14/h2-12H,1H3/b15-12+. The van der Waals surface area contributed by atoms with Gasteiger partial charge in [-0.15, -0.1) is 11.3 Å². The van der Waals surface area contributed by atoms with Gasteiger partial charge < -0.3 is 4.42 Å².